The molecule has 1 saturated carbocycles. The lowest BCUT2D eigenvalue weighted by molar-refractivity contribution is -0.159. The summed E-state index contributed by atoms with van der Waals surface area (Å²) in [4.78, 5) is 65.6. The molecule has 4 amide bonds. The number of amides is 4. The second kappa shape index (κ2) is 8.72. The molecule has 3 aliphatic rings. The molecule has 0 bridgehead atoms. The number of esters is 1. The predicted octanol–water partition coefficient (Wildman–Crippen LogP) is 1.86. The van der Waals surface area contributed by atoms with E-state index < -0.39 is 30.6 Å². The molecule has 170 valence electrons. The average molecular weight is 441 g/mol. The Kier molecular flexibility index (Phi) is 5.99. The topological polar surface area (TPSA) is 113 Å². The highest BCUT2D eigenvalue weighted by Crippen LogP contribution is 2.39. The Morgan fingerprint density at radius 2 is 1.72 bits per heavy atom. The Balaban J connectivity index is 1.44. The van der Waals surface area contributed by atoms with Crippen LogP contribution in [0.2, 0.25) is 0 Å². The van der Waals surface area contributed by atoms with E-state index >= 15 is 0 Å². The van der Waals surface area contributed by atoms with Gasteiger partial charge in [0.2, 0.25) is 17.7 Å². The molecule has 2 fully saturated rings. The third-order valence-electron chi connectivity index (χ3n) is 6.57. The van der Waals surface area contributed by atoms with Crippen molar-refractivity contribution in [3.8, 4) is 0 Å². The number of fused-ring (bicyclic) bond motifs is 2. The number of nitrogens with zero attached hydrogens (tertiary/aromatic N) is 2. The molecule has 2 aliphatic heterocycles. The number of nitrogens with one attached hydrogen (secondary N) is 1. The number of benzene rings is 1. The molecule has 1 aromatic rings. The van der Waals surface area contributed by atoms with Gasteiger partial charge in [0.15, 0.2) is 6.61 Å². The third kappa shape index (κ3) is 3.87. The maximum absolute atomic E-state index is 13.0. The van der Waals surface area contributed by atoms with Gasteiger partial charge in [-0.25, -0.2) is 4.79 Å². The highest BCUT2D eigenvalue weighted by molar-refractivity contribution is 6.08. The zero-order valence-electron chi connectivity index (χ0n) is 18.2. The van der Waals surface area contributed by atoms with E-state index in [1.807, 2.05) is 0 Å². The molecular formula is C23H27N3O6. The summed E-state index contributed by atoms with van der Waals surface area (Å²) in [6.07, 6.45) is 3.21. The monoisotopic (exact) mass is 441 g/mol. The van der Waals surface area contributed by atoms with Crippen LogP contribution in [-0.2, 0) is 28.7 Å². The maximum Gasteiger partial charge on any atom is 0.329 e. The first-order chi connectivity index (χ1) is 15.3. The van der Waals surface area contributed by atoms with E-state index in [2.05, 4.69) is 5.32 Å². The van der Waals surface area contributed by atoms with Gasteiger partial charge in [-0.2, -0.15) is 0 Å². The number of rotatable bonds is 4. The Bertz CT molecular complexity index is 952. The summed E-state index contributed by atoms with van der Waals surface area (Å²) >= 11 is 0. The number of ether oxygens (including phenoxy) is 1. The zero-order valence-corrected chi connectivity index (χ0v) is 18.2. The van der Waals surface area contributed by atoms with Gasteiger partial charge in [-0.1, -0.05) is 25.0 Å². The lowest BCUT2D eigenvalue weighted by Crippen LogP contribution is -2.46. The van der Waals surface area contributed by atoms with Crippen LogP contribution in [0.5, 0.6) is 0 Å². The summed E-state index contributed by atoms with van der Waals surface area (Å²) in [5.41, 5.74) is 1.03. The molecule has 0 spiro atoms. The Labute approximate surface area is 186 Å². The summed E-state index contributed by atoms with van der Waals surface area (Å²) in [5, 5.41) is 2.77. The molecule has 9 nitrogen and oxygen atoms in total. The third-order valence-corrected chi connectivity index (χ3v) is 6.57. The Morgan fingerprint density at radius 1 is 1.09 bits per heavy atom. The molecule has 1 N–H and O–H groups in total. The molecular weight excluding hydrogens is 414 g/mol. The van der Waals surface area contributed by atoms with Gasteiger partial charge < -0.3 is 15.0 Å². The first kappa shape index (κ1) is 22.0. The maximum atomic E-state index is 13.0. The number of carbonyl (C=O) groups is 5. The van der Waals surface area contributed by atoms with Crippen molar-refractivity contribution in [1.82, 2.24) is 4.90 Å². The van der Waals surface area contributed by atoms with Crippen LogP contribution in [0.3, 0.4) is 0 Å². The van der Waals surface area contributed by atoms with Crippen LogP contribution >= 0.6 is 0 Å². The Hall–Kier alpha value is -3.23. The van der Waals surface area contributed by atoms with E-state index in [1.165, 1.54) is 11.8 Å². The Morgan fingerprint density at radius 3 is 2.38 bits per heavy atom. The van der Waals surface area contributed by atoms with Gasteiger partial charge in [0, 0.05) is 12.5 Å². The molecule has 32 heavy (non-hydrogen) atoms. The zero-order chi connectivity index (χ0) is 23.0. The average Bonchev–Trinajstić information content (AvgIpc) is 2.94. The van der Waals surface area contributed by atoms with Gasteiger partial charge in [-0.15, -0.1) is 0 Å². The normalized spacial score (nSPS) is 26.1. The molecule has 0 radical (unpaired) electrons. The van der Waals surface area contributed by atoms with Crippen LogP contribution in [0.15, 0.2) is 24.3 Å². The van der Waals surface area contributed by atoms with Crippen LogP contribution < -0.4 is 10.2 Å². The van der Waals surface area contributed by atoms with Crippen molar-refractivity contribution in [2.45, 2.75) is 58.0 Å². The minimum atomic E-state index is -1.09. The van der Waals surface area contributed by atoms with E-state index in [-0.39, 0.29) is 36.0 Å². The summed E-state index contributed by atoms with van der Waals surface area (Å²) in [6.45, 7) is 2.64. The molecule has 4 rings (SSSR count). The van der Waals surface area contributed by atoms with Crippen molar-refractivity contribution in [3.05, 3.63) is 24.3 Å². The van der Waals surface area contributed by atoms with Crippen molar-refractivity contribution in [2.75, 3.05) is 16.8 Å². The van der Waals surface area contributed by atoms with Gasteiger partial charge in [-0.3, -0.25) is 24.1 Å². The standard InChI is InChI=1S/C23H27N3O6/c1-13-11-19(27)24-17-9-5-6-10-18(17)25(13)20(28)12-32-23(31)14(2)26-21(29)15-7-3-4-8-16(15)22(26)30/h5-6,9-10,13-16H,3-4,7-8,11-12H2,1-2H3,(H,24,27)/t13?,14-,15?,16?/m0/s1. The van der Waals surface area contributed by atoms with Crippen molar-refractivity contribution >= 4 is 41.0 Å². The second-order valence-electron chi connectivity index (χ2n) is 8.71. The van der Waals surface area contributed by atoms with E-state index in [4.69, 9.17) is 4.74 Å². The highest BCUT2D eigenvalue weighted by Gasteiger charge is 2.51. The number of hydrogen-bond donors (Lipinski definition) is 1. The first-order valence-corrected chi connectivity index (χ1v) is 11.0. The molecule has 3 unspecified atom stereocenters. The van der Waals surface area contributed by atoms with E-state index in [0.29, 0.717) is 24.2 Å². The second-order valence-corrected chi connectivity index (χ2v) is 8.71. The molecule has 1 saturated heterocycles. The van der Waals surface area contributed by atoms with Crippen molar-refractivity contribution < 1.29 is 28.7 Å². The summed E-state index contributed by atoms with van der Waals surface area (Å²) < 4.78 is 5.23. The smallest absolute Gasteiger partial charge is 0.329 e. The van der Waals surface area contributed by atoms with Crippen LogP contribution in [0.25, 0.3) is 0 Å². The highest BCUT2D eigenvalue weighted by atomic mass is 16.5. The molecule has 9 heteroatoms. The number of hydrogen-bond acceptors (Lipinski definition) is 6. The summed E-state index contributed by atoms with van der Waals surface area (Å²) in [7, 11) is 0. The fourth-order valence-corrected chi connectivity index (χ4v) is 4.97. The van der Waals surface area contributed by atoms with Crippen molar-refractivity contribution in [3.63, 3.8) is 0 Å². The molecule has 1 aliphatic carbocycles. The van der Waals surface area contributed by atoms with E-state index in [1.54, 1.807) is 31.2 Å². The SMILES string of the molecule is CC1CC(=O)Nc2ccccc2N1C(=O)COC(=O)[C@H](C)N1C(=O)C2CCCCC2C1=O. The van der Waals surface area contributed by atoms with Gasteiger partial charge >= 0.3 is 5.97 Å². The molecule has 2 heterocycles. The minimum Gasteiger partial charge on any atom is -0.454 e. The quantitative estimate of drug-likeness (QED) is 0.564. The van der Waals surface area contributed by atoms with Gasteiger partial charge in [-0.05, 0) is 38.8 Å². The number of likely N-dealkylation sites (tertiary alicyclic amines) is 1. The number of anilines is 2. The predicted molar refractivity (Wildman–Crippen MR) is 114 cm³/mol. The number of para-hydroxylation sites is 2. The molecule has 4 atom stereocenters. The fourth-order valence-electron chi connectivity index (χ4n) is 4.97. The van der Waals surface area contributed by atoms with Crippen LogP contribution in [-0.4, -0.2) is 53.2 Å². The molecule has 0 aromatic heterocycles. The summed E-state index contributed by atoms with van der Waals surface area (Å²) in [5.74, 6) is -2.86. The summed E-state index contributed by atoms with van der Waals surface area (Å²) in [6, 6.07) is 5.38. The molecule has 1 aromatic carbocycles. The fraction of sp³-hybridized carbons (Fsp3) is 0.522. The number of imide groups is 1. The number of carbonyl (C=O) groups excluding carboxylic acids is 5. The van der Waals surface area contributed by atoms with E-state index in [9.17, 15) is 24.0 Å². The van der Waals surface area contributed by atoms with Crippen molar-refractivity contribution in [1.29, 1.82) is 0 Å². The minimum absolute atomic E-state index is 0.102. The van der Waals surface area contributed by atoms with Crippen molar-refractivity contribution in [2.24, 2.45) is 11.8 Å². The lowest BCUT2D eigenvalue weighted by atomic mass is 9.81. The van der Waals surface area contributed by atoms with Crippen LogP contribution in [0, 0.1) is 11.8 Å². The first-order valence-electron chi connectivity index (χ1n) is 11.0. The van der Waals surface area contributed by atoms with Gasteiger partial charge in [0.05, 0.1) is 23.2 Å². The van der Waals surface area contributed by atoms with Crippen LogP contribution in [0.4, 0.5) is 11.4 Å². The van der Waals surface area contributed by atoms with Gasteiger partial charge in [0.1, 0.15) is 6.04 Å². The van der Waals surface area contributed by atoms with E-state index in [0.717, 1.165) is 17.7 Å². The largest absolute Gasteiger partial charge is 0.454 e. The van der Waals surface area contributed by atoms with Gasteiger partial charge in [0.25, 0.3) is 5.91 Å². The van der Waals surface area contributed by atoms with Crippen LogP contribution in [0.1, 0.15) is 46.0 Å². The lowest BCUT2D eigenvalue weighted by Gasteiger charge is -2.28.